The maximum atomic E-state index is 7.02. The Labute approximate surface area is 290 Å². The van der Waals surface area contributed by atoms with Gasteiger partial charge in [-0.1, -0.05) is 194 Å². The van der Waals surface area contributed by atoms with Gasteiger partial charge in [-0.2, -0.15) is 0 Å². The molecule has 260 valence electrons. The Hall–Kier alpha value is -3.41. The molecule has 3 aromatic carbocycles. The molecule has 0 aliphatic heterocycles. The molecule has 1 unspecified atom stereocenters. The highest BCUT2D eigenvalue weighted by Crippen LogP contribution is 2.40. The van der Waals surface area contributed by atoms with E-state index in [0.717, 1.165) is 23.1 Å². The Morgan fingerprint density at radius 3 is 1.40 bits per heavy atom. The summed E-state index contributed by atoms with van der Waals surface area (Å²) in [4.78, 5) is 0. The number of unbranched alkanes of at least 4 members (excludes halogenated alkanes) is 15. The van der Waals surface area contributed by atoms with Crippen LogP contribution in [-0.4, -0.2) is 31.1 Å². The highest BCUT2D eigenvalue weighted by atomic mass is 16.6. The van der Waals surface area contributed by atoms with E-state index in [0.29, 0.717) is 25.7 Å². The Kier molecular flexibility index (Phi) is 18.0. The summed E-state index contributed by atoms with van der Waals surface area (Å²) in [5, 5.41) is 4.00. The molecular formula is C43H59NO4. The molecule has 1 atom stereocenters. The first kappa shape index (κ1) is 37.4. The molecule has 5 heteroatoms. The van der Waals surface area contributed by atoms with Gasteiger partial charge in [-0.05, 0) is 28.3 Å². The maximum Gasteiger partial charge on any atom is 0.254 e. The van der Waals surface area contributed by atoms with Crippen molar-refractivity contribution < 1.29 is 18.7 Å². The van der Waals surface area contributed by atoms with E-state index in [4.69, 9.17) is 18.7 Å². The van der Waals surface area contributed by atoms with Gasteiger partial charge in [0, 0.05) is 12.7 Å². The van der Waals surface area contributed by atoms with Crippen LogP contribution in [0, 0.1) is 0 Å². The standard InChI is InChI=1S/C43H59NO4/c1-2-3-4-5-6-7-8-9-10-11-12-13-14-15-16-26-34-45-36-41(48-42-33-35-47-44-42)37-46-43(38-27-20-17-21-28-38,39-29-22-18-23-30-39)40-31-24-19-25-32-40/h17-25,27-33,35,41H,2-16,26,34,36-37H2,1H3. The summed E-state index contributed by atoms with van der Waals surface area (Å²) in [6, 6.07) is 32.9. The molecule has 48 heavy (non-hydrogen) atoms. The zero-order valence-electron chi connectivity index (χ0n) is 29.4. The summed E-state index contributed by atoms with van der Waals surface area (Å²) >= 11 is 0. The number of benzene rings is 3. The monoisotopic (exact) mass is 653 g/mol. The number of ether oxygens (including phenoxy) is 3. The molecule has 0 N–H and O–H groups in total. The van der Waals surface area contributed by atoms with E-state index >= 15 is 0 Å². The van der Waals surface area contributed by atoms with Crippen LogP contribution in [0.3, 0.4) is 0 Å². The zero-order valence-corrected chi connectivity index (χ0v) is 29.4. The van der Waals surface area contributed by atoms with Crippen molar-refractivity contribution in [2.45, 2.75) is 121 Å². The fraction of sp³-hybridized carbons (Fsp3) is 0.512. The van der Waals surface area contributed by atoms with Gasteiger partial charge in [-0.3, -0.25) is 0 Å². The van der Waals surface area contributed by atoms with Crippen molar-refractivity contribution in [2.24, 2.45) is 0 Å². The van der Waals surface area contributed by atoms with Gasteiger partial charge in [-0.25, -0.2) is 0 Å². The third-order valence-corrected chi connectivity index (χ3v) is 9.17. The van der Waals surface area contributed by atoms with Crippen LogP contribution in [0.1, 0.15) is 126 Å². The molecule has 1 heterocycles. The second kappa shape index (κ2) is 23.0. The number of aromatic nitrogens is 1. The van der Waals surface area contributed by atoms with Crippen LogP contribution in [0.4, 0.5) is 0 Å². The first-order valence-corrected chi connectivity index (χ1v) is 18.8. The van der Waals surface area contributed by atoms with E-state index in [-0.39, 0.29) is 6.10 Å². The average Bonchev–Trinajstić information content (AvgIpc) is 3.66. The minimum absolute atomic E-state index is 0.296. The molecule has 0 amide bonds. The Bertz CT molecular complexity index is 1200. The SMILES string of the molecule is CCCCCCCCCCCCCCCCCCOCC(COC(c1ccccc1)(c1ccccc1)c1ccccc1)Oc1ccon1. The van der Waals surface area contributed by atoms with Gasteiger partial charge in [0.15, 0.2) is 0 Å². The third-order valence-electron chi connectivity index (χ3n) is 9.17. The van der Waals surface area contributed by atoms with Crippen molar-refractivity contribution in [2.75, 3.05) is 19.8 Å². The number of rotatable bonds is 27. The number of hydrogen-bond acceptors (Lipinski definition) is 5. The van der Waals surface area contributed by atoms with E-state index in [1.165, 1.54) is 103 Å². The normalized spacial score (nSPS) is 12.3. The van der Waals surface area contributed by atoms with Crippen molar-refractivity contribution in [3.8, 4) is 5.88 Å². The minimum Gasteiger partial charge on any atom is -0.467 e. The summed E-state index contributed by atoms with van der Waals surface area (Å²) in [7, 11) is 0. The quantitative estimate of drug-likeness (QED) is 0.0473. The zero-order chi connectivity index (χ0) is 33.4. The molecule has 0 bridgehead atoms. The Balaban J connectivity index is 1.21. The molecule has 4 rings (SSSR count). The van der Waals surface area contributed by atoms with Gasteiger partial charge >= 0.3 is 0 Å². The summed E-state index contributed by atoms with van der Waals surface area (Å²) in [6.45, 7) is 3.69. The predicted molar refractivity (Wildman–Crippen MR) is 196 cm³/mol. The Morgan fingerprint density at radius 2 is 0.979 bits per heavy atom. The highest BCUT2D eigenvalue weighted by Gasteiger charge is 2.38. The molecule has 0 saturated carbocycles. The summed E-state index contributed by atoms with van der Waals surface area (Å²) in [6.07, 6.45) is 22.9. The number of hydrogen-bond donors (Lipinski definition) is 0. The van der Waals surface area contributed by atoms with Crippen molar-refractivity contribution in [1.82, 2.24) is 5.16 Å². The molecule has 0 fully saturated rings. The molecular weight excluding hydrogens is 594 g/mol. The first-order chi connectivity index (χ1) is 23.8. The van der Waals surface area contributed by atoms with Gasteiger partial charge in [0.1, 0.15) is 18.0 Å². The second-order valence-corrected chi connectivity index (χ2v) is 13.0. The molecule has 0 aliphatic rings. The molecule has 0 aliphatic carbocycles. The van der Waals surface area contributed by atoms with E-state index < -0.39 is 5.60 Å². The molecule has 0 saturated heterocycles. The fourth-order valence-electron chi connectivity index (χ4n) is 6.50. The van der Waals surface area contributed by atoms with Crippen molar-refractivity contribution >= 4 is 0 Å². The summed E-state index contributed by atoms with van der Waals surface area (Å²) in [5.41, 5.74) is 2.33. The second-order valence-electron chi connectivity index (χ2n) is 13.0. The van der Waals surface area contributed by atoms with Gasteiger partial charge in [0.2, 0.25) is 0 Å². The van der Waals surface area contributed by atoms with Crippen LogP contribution >= 0.6 is 0 Å². The van der Waals surface area contributed by atoms with E-state index in [1.807, 2.05) is 18.2 Å². The molecule has 5 nitrogen and oxygen atoms in total. The van der Waals surface area contributed by atoms with Crippen molar-refractivity contribution in [3.63, 3.8) is 0 Å². The van der Waals surface area contributed by atoms with Gasteiger partial charge in [-0.15, -0.1) is 0 Å². The van der Waals surface area contributed by atoms with Gasteiger partial charge < -0.3 is 18.7 Å². The topological polar surface area (TPSA) is 53.7 Å². The average molecular weight is 654 g/mol. The lowest BCUT2D eigenvalue weighted by Crippen LogP contribution is -2.38. The third kappa shape index (κ3) is 12.9. The van der Waals surface area contributed by atoms with E-state index in [2.05, 4.69) is 84.9 Å². The highest BCUT2D eigenvalue weighted by molar-refractivity contribution is 5.47. The fourth-order valence-corrected chi connectivity index (χ4v) is 6.50. The molecule has 0 spiro atoms. The molecule has 4 aromatic rings. The van der Waals surface area contributed by atoms with Crippen LogP contribution in [0.25, 0.3) is 0 Å². The largest absolute Gasteiger partial charge is 0.467 e. The van der Waals surface area contributed by atoms with Crippen LogP contribution in [-0.2, 0) is 15.1 Å². The molecule has 0 radical (unpaired) electrons. The smallest absolute Gasteiger partial charge is 0.254 e. The van der Waals surface area contributed by atoms with E-state index in [1.54, 1.807) is 6.07 Å². The van der Waals surface area contributed by atoms with Crippen LogP contribution in [0.5, 0.6) is 5.88 Å². The lowest BCUT2D eigenvalue weighted by Gasteiger charge is -2.37. The maximum absolute atomic E-state index is 7.02. The van der Waals surface area contributed by atoms with Crippen LogP contribution in [0.15, 0.2) is 108 Å². The summed E-state index contributed by atoms with van der Waals surface area (Å²) in [5.74, 6) is 0.430. The predicted octanol–water partition coefficient (Wildman–Crippen LogP) is 11.7. The first-order valence-electron chi connectivity index (χ1n) is 18.8. The molecule has 1 aromatic heterocycles. The minimum atomic E-state index is -0.830. The number of nitrogens with zero attached hydrogens (tertiary/aromatic N) is 1. The van der Waals surface area contributed by atoms with Crippen molar-refractivity contribution in [3.05, 3.63) is 120 Å². The van der Waals surface area contributed by atoms with Gasteiger partial charge in [0.25, 0.3) is 5.88 Å². The summed E-state index contributed by atoms with van der Waals surface area (Å²) < 4.78 is 24.5. The van der Waals surface area contributed by atoms with Gasteiger partial charge in [0.05, 0.1) is 13.2 Å². The lowest BCUT2D eigenvalue weighted by atomic mass is 9.80. The van der Waals surface area contributed by atoms with Crippen LogP contribution < -0.4 is 4.74 Å². The van der Waals surface area contributed by atoms with E-state index in [9.17, 15) is 0 Å². The van der Waals surface area contributed by atoms with Crippen LogP contribution in [0.2, 0.25) is 0 Å². The van der Waals surface area contributed by atoms with Crippen molar-refractivity contribution in [1.29, 1.82) is 0 Å². The Morgan fingerprint density at radius 1 is 0.542 bits per heavy atom. The lowest BCUT2D eigenvalue weighted by molar-refractivity contribution is -0.0570.